The summed E-state index contributed by atoms with van der Waals surface area (Å²) in [5.74, 6) is -0.452. The van der Waals surface area contributed by atoms with Crippen molar-refractivity contribution < 1.29 is 23.5 Å². The van der Waals surface area contributed by atoms with Gasteiger partial charge in [0.25, 0.3) is 0 Å². The number of rotatable bonds is 7. The Hall–Kier alpha value is -4.53. The quantitative estimate of drug-likeness (QED) is 0.309. The number of amides is 1. The molecule has 1 aliphatic rings. The van der Waals surface area contributed by atoms with E-state index >= 15 is 4.39 Å². The summed E-state index contributed by atoms with van der Waals surface area (Å²) in [5.41, 5.74) is 3.01. The standard InChI is InChI=1S/C29H27FN4O4/c1-18-26(31-28(36)38-19(2)20-7-5-4-6-8-20)34(33-32-18)23-12-9-21(10-13-23)22-11-14-24(25(30)17-22)29(15-16-29)27(35)37-3/h4-14,17,19H,15-16H2,1-3H3,(H,31,36)/t19-/m1/s1. The first kappa shape index (κ1) is 25.1. The first-order valence-corrected chi connectivity index (χ1v) is 12.3. The smallest absolute Gasteiger partial charge is 0.413 e. The molecule has 1 fully saturated rings. The lowest BCUT2D eigenvalue weighted by Crippen LogP contribution is -2.23. The Morgan fingerprint density at radius 2 is 1.71 bits per heavy atom. The second-order valence-corrected chi connectivity index (χ2v) is 9.33. The number of nitrogens with zero attached hydrogens (tertiary/aromatic N) is 3. The fourth-order valence-electron chi connectivity index (χ4n) is 4.54. The van der Waals surface area contributed by atoms with Crippen molar-refractivity contribution in [1.29, 1.82) is 0 Å². The predicted molar refractivity (Wildman–Crippen MR) is 139 cm³/mol. The summed E-state index contributed by atoms with van der Waals surface area (Å²) >= 11 is 0. The molecule has 1 N–H and O–H groups in total. The van der Waals surface area contributed by atoms with Crippen molar-refractivity contribution in [2.75, 3.05) is 12.4 Å². The minimum absolute atomic E-state index is 0.368. The van der Waals surface area contributed by atoms with Gasteiger partial charge in [-0.15, -0.1) is 5.10 Å². The van der Waals surface area contributed by atoms with Crippen molar-refractivity contribution in [2.45, 2.75) is 38.2 Å². The normalized spacial score (nSPS) is 14.4. The zero-order valence-electron chi connectivity index (χ0n) is 21.3. The van der Waals surface area contributed by atoms with Gasteiger partial charge in [0, 0.05) is 5.56 Å². The average Bonchev–Trinajstić information content (AvgIpc) is 3.66. The SMILES string of the molecule is COC(=O)C1(c2ccc(-c3ccc(-n4nnc(C)c4NC(=O)O[C@H](C)c4ccccc4)cc3)cc2F)CC1. The van der Waals surface area contributed by atoms with E-state index < -0.39 is 29.4 Å². The zero-order valence-corrected chi connectivity index (χ0v) is 21.3. The van der Waals surface area contributed by atoms with E-state index in [-0.39, 0.29) is 0 Å². The van der Waals surface area contributed by atoms with Crippen molar-refractivity contribution >= 4 is 17.9 Å². The van der Waals surface area contributed by atoms with E-state index in [1.54, 1.807) is 38.1 Å². The van der Waals surface area contributed by atoms with Crippen LogP contribution in [0.15, 0.2) is 72.8 Å². The number of methoxy groups -OCH3 is 1. The van der Waals surface area contributed by atoms with Gasteiger partial charge in [-0.3, -0.25) is 10.1 Å². The van der Waals surface area contributed by atoms with Crippen LogP contribution in [0.25, 0.3) is 16.8 Å². The lowest BCUT2D eigenvalue weighted by molar-refractivity contribution is -0.143. The van der Waals surface area contributed by atoms with Crippen LogP contribution in [-0.4, -0.2) is 34.2 Å². The van der Waals surface area contributed by atoms with E-state index in [1.165, 1.54) is 17.9 Å². The number of aryl methyl sites for hydroxylation is 1. The Bertz CT molecular complexity index is 1480. The van der Waals surface area contributed by atoms with Gasteiger partial charge in [0.2, 0.25) is 0 Å². The molecule has 0 aliphatic heterocycles. The van der Waals surface area contributed by atoms with E-state index in [0.717, 1.165) is 11.1 Å². The van der Waals surface area contributed by atoms with Crippen molar-refractivity contribution in [2.24, 2.45) is 0 Å². The van der Waals surface area contributed by atoms with Crippen molar-refractivity contribution in [3.63, 3.8) is 0 Å². The molecular weight excluding hydrogens is 487 g/mol. The average molecular weight is 515 g/mol. The van der Waals surface area contributed by atoms with Gasteiger partial charge in [0.15, 0.2) is 5.82 Å². The van der Waals surface area contributed by atoms with Crippen LogP contribution in [0.3, 0.4) is 0 Å². The van der Waals surface area contributed by atoms with Crippen molar-refractivity contribution in [1.82, 2.24) is 15.0 Å². The van der Waals surface area contributed by atoms with Crippen LogP contribution in [0.2, 0.25) is 0 Å². The third kappa shape index (κ3) is 4.74. The zero-order chi connectivity index (χ0) is 26.9. The molecule has 0 bridgehead atoms. The molecule has 8 nitrogen and oxygen atoms in total. The summed E-state index contributed by atoms with van der Waals surface area (Å²) in [5, 5.41) is 11.0. The highest BCUT2D eigenvalue weighted by atomic mass is 19.1. The van der Waals surface area contributed by atoms with Gasteiger partial charge in [0.05, 0.1) is 18.2 Å². The molecule has 1 aliphatic carbocycles. The van der Waals surface area contributed by atoms with Gasteiger partial charge < -0.3 is 9.47 Å². The van der Waals surface area contributed by atoms with Crippen LogP contribution in [0.5, 0.6) is 0 Å². The Kier molecular flexibility index (Phi) is 6.67. The third-order valence-corrected chi connectivity index (χ3v) is 6.87. The van der Waals surface area contributed by atoms with Crippen molar-refractivity contribution in [3.8, 4) is 16.8 Å². The maximum atomic E-state index is 15.0. The lowest BCUT2D eigenvalue weighted by atomic mass is 9.93. The summed E-state index contributed by atoms with van der Waals surface area (Å²) < 4.78 is 26.9. The number of esters is 1. The number of hydrogen-bond acceptors (Lipinski definition) is 6. The van der Waals surface area contributed by atoms with Gasteiger partial charge in [-0.05, 0) is 61.6 Å². The summed E-state index contributed by atoms with van der Waals surface area (Å²) in [6.07, 6.45) is 0.101. The molecular formula is C29H27FN4O4. The molecule has 0 radical (unpaired) electrons. The van der Waals surface area contributed by atoms with Crippen LogP contribution in [0.4, 0.5) is 15.0 Å². The summed E-state index contributed by atoms with van der Waals surface area (Å²) in [6.45, 7) is 3.53. The molecule has 0 spiro atoms. The Morgan fingerprint density at radius 1 is 1.03 bits per heavy atom. The van der Waals surface area contributed by atoms with Crippen LogP contribution < -0.4 is 5.32 Å². The topological polar surface area (TPSA) is 95.3 Å². The lowest BCUT2D eigenvalue weighted by Gasteiger charge is -2.15. The third-order valence-electron chi connectivity index (χ3n) is 6.87. The summed E-state index contributed by atoms with van der Waals surface area (Å²) in [6, 6.07) is 21.6. The van der Waals surface area contributed by atoms with Crippen molar-refractivity contribution in [3.05, 3.63) is 95.4 Å². The number of nitrogens with one attached hydrogen (secondary N) is 1. The molecule has 0 saturated heterocycles. The van der Waals surface area contributed by atoms with Gasteiger partial charge in [-0.25, -0.2) is 9.18 Å². The van der Waals surface area contributed by atoms with Crippen LogP contribution in [0, 0.1) is 12.7 Å². The monoisotopic (exact) mass is 514 g/mol. The molecule has 1 heterocycles. The highest BCUT2D eigenvalue weighted by Crippen LogP contribution is 2.50. The number of anilines is 1. The Morgan fingerprint density at radius 3 is 2.34 bits per heavy atom. The summed E-state index contributed by atoms with van der Waals surface area (Å²) in [7, 11) is 1.32. The molecule has 0 unspecified atom stereocenters. The molecule has 3 aromatic carbocycles. The predicted octanol–water partition coefficient (Wildman–Crippen LogP) is 5.90. The fourth-order valence-corrected chi connectivity index (χ4v) is 4.54. The molecule has 194 valence electrons. The Labute approximate surface area is 219 Å². The number of carbonyl (C=O) groups is 2. The molecule has 1 saturated carbocycles. The molecule has 1 atom stereocenters. The minimum atomic E-state index is -0.865. The molecule has 1 aromatic heterocycles. The highest BCUT2D eigenvalue weighted by molar-refractivity contribution is 5.87. The number of halogens is 1. The van der Waals surface area contributed by atoms with E-state index in [9.17, 15) is 9.59 Å². The maximum absolute atomic E-state index is 15.0. The molecule has 5 rings (SSSR count). The second-order valence-electron chi connectivity index (χ2n) is 9.33. The first-order chi connectivity index (χ1) is 18.3. The summed E-state index contributed by atoms with van der Waals surface area (Å²) in [4.78, 5) is 24.8. The largest absolute Gasteiger partial charge is 0.468 e. The number of aromatic nitrogens is 3. The number of carbonyl (C=O) groups excluding carboxylic acids is 2. The molecule has 4 aromatic rings. The fraction of sp³-hybridized carbons (Fsp3) is 0.241. The first-order valence-electron chi connectivity index (χ1n) is 12.3. The number of benzene rings is 3. The van der Waals surface area contributed by atoms with E-state index in [0.29, 0.717) is 41.2 Å². The number of hydrogen-bond donors (Lipinski definition) is 1. The van der Waals surface area contributed by atoms with E-state index in [2.05, 4.69) is 15.6 Å². The van der Waals surface area contributed by atoms with Crippen LogP contribution in [0.1, 0.15) is 42.7 Å². The second kappa shape index (κ2) is 10.1. The minimum Gasteiger partial charge on any atom is -0.468 e. The highest BCUT2D eigenvalue weighted by Gasteiger charge is 2.54. The van der Waals surface area contributed by atoms with E-state index in [4.69, 9.17) is 9.47 Å². The van der Waals surface area contributed by atoms with Gasteiger partial charge >= 0.3 is 12.1 Å². The molecule has 9 heteroatoms. The van der Waals surface area contributed by atoms with Gasteiger partial charge in [-0.1, -0.05) is 59.8 Å². The van der Waals surface area contributed by atoms with Gasteiger partial charge in [0.1, 0.15) is 17.6 Å². The maximum Gasteiger partial charge on any atom is 0.413 e. The number of ether oxygens (including phenoxy) is 2. The van der Waals surface area contributed by atoms with Crippen LogP contribution >= 0.6 is 0 Å². The molecule has 38 heavy (non-hydrogen) atoms. The molecule has 1 amide bonds. The Balaban J connectivity index is 1.32. The van der Waals surface area contributed by atoms with Gasteiger partial charge in [-0.2, -0.15) is 4.68 Å². The van der Waals surface area contributed by atoms with Crippen LogP contribution in [-0.2, 0) is 19.7 Å². The van der Waals surface area contributed by atoms with E-state index in [1.807, 2.05) is 42.5 Å².